The highest BCUT2D eigenvalue weighted by molar-refractivity contribution is 7.89. The van der Waals surface area contributed by atoms with Crippen LogP contribution in [0.2, 0.25) is 0 Å². The van der Waals surface area contributed by atoms with Crippen molar-refractivity contribution < 1.29 is 22.3 Å². The first-order valence-corrected chi connectivity index (χ1v) is 10.9. The third-order valence-electron chi connectivity index (χ3n) is 5.65. The molecular weight excluding hydrogens is 393 g/mol. The van der Waals surface area contributed by atoms with Crippen LogP contribution in [0.5, 0.6) is 11.5 Å². The maximum Gasteiger partial charge on any atom is 0.243 e. The Hall–Kier alpha value is -2.48. The zero-order chi connectivity index (χ0) is 20.2. The van der Waals surface area contributed by atoms with Crippen LogP contribution >= 0.6 is 0 Å². The van der Waals surface area contributed by atoms with Gasteiger partial charge in [0.05, 0.1) is 18.1 Å². The molecule has 5 rings (SSSR count). The molecule has 150 valence electrons. The first kappa shape index (κ1) is 18.5. The zero-order valence-corrected chi connectivity index (χ0v) is 16.7. The largest absolute Gasteiger partial charge is 0.456 e. The number of nitrogens with zero attached hydrogens (tertiary/aromatic N) is 1. The van der Waals surface area contributed by atoms with Crippen molar-refractivity contribution in [3.63, 3.8) is 0 Å². The smallest absolute Gasteiger partial charge is 0.243 e. The lowest BCUT2D eigenvalue weighted by Gasteiger charge is -2.53. The minimum Gasteiger partial charge on any atom is -0.456 e. The standard InChI is InChI=1S/C22H20FNO4S/c1-15-2-3-16-4-5-17(23)10-20(16)21(15)28-18-6-8-19(9-7-18)29(25,26)24-11-22(12-24)13-27-14-22/h2-10H,11-14H2,1H3. The van der Waals surface area contributed by atoms with E-state index in [0.29, 0.717) is 43.2 Å². The van der Waals surface area contributed by atoms with E-state index in [-0.39, 0.29) is 16.1 Å². The molecule has 3 aromatic rings. The molecule has 1 spiro atoms. The van der Waals surface area contributed by atoms with Gasteiger partial charge in [-0.05, 0) is 54.3 Å². The lowest BCUT2D eigenvalue weighted by atomic mass is 9.80. The first-order valence-electron chi connectivity index (χ1n) is 9.41. The summed E-state index contributed by atoms with van der Waals surface area (Å²) in [6, 6.07) is 14.8. The molecule has 0 unspecified atom stereocenters. The van der Waals surface area contributed by atoms with Crippen LogP contribution < -0.4 is 4.74 Å². The molecule has 5 nitrogen and oxygen atoms in total. The fraction of sp³-hybridized carbons (Fsp3) is 0.273. The number of sulfonamides is 1. The molecule has 0 aromatic heterocycles. The van der Waals surface area contributed by atoms with Gasteiger partial charge >= 0.3 is 0 Å². The van der Waals surface area contributed by atoms with E-state index in [1.54, 1.807) is 30.3 Å². The third-order valence-corrected chi connectivity index (χ3v) is 7.46. The van der Waals surface area contributed by atoms with Crippen LogP contribution in [0.15, 0.2) is 59.5 Å². The first-order chi connectivity index (χ1) is 13.9. The van der Waals surface area contributed by atoms with Gasteiger partial charge in [0.1, 0.15) is 17.3 Å². The summed E-state index contributed by atoms with van der Waals surface area (Å²) in [7, 11) is -3.51. The number of halogens is 1. The summed E-state index contributed by atoms with van der Waals surface area (Å²) in [5.74, 6) is 0.724. The topological polar surface area (TPSA) is 55.8 Å². The number of fused-ring (bicyclic) bond motifs is 1. The quantitative estimate of drug-likeness (QED) is 0.646. The Balaban J connectivity index is 1.39. The highest BCUT2D eigenvalue weighted by Crippen LogP contribution is 2.41. The predicted molar refractivity (Wildman–Crippen MR) is 107 cm³/mol. The summed E-state index contributed by atoms with van der Waals surface area (Å²) in [5, 5.41) is 1.55. The minimum absolute atomic E-state index is 0.0251. The van der Waals surface area contributed by atoms with Crippen LogP contribution in [-0.2, 0) is 14.8 Å². The van der Waals surface area contributed by atoms with Gasteiger partial charge in [0.2, 0.25) is 10.0 Å². The van der Waals surface area contributed by atoms with Crippen LogP contribution in [0.3, 0.4) is 0 Å². The molecule has 0 atom stereocenters. The number of ether oxygens (including phenoxy) is 2. The van der Waals surface area contributed by atoms with Crippen molar-refractivity contribution in [1.82, 2.24) is 4.31 Å². The monoisotopic (exact) mass is 413 g/mol. The maximum atomic E-state index is 13.7. The second-order valence-electron chi connectivity index (χ2n) is 7.92. The average molecular weight is 413 g/mol. The fourth-order valence-electron chi connectivity index (χ4n) is 3.90. The Labute approximate surface area is 168 Å². The van der Waals surface area contributed by atoms with Gasteiger partial charge in [-0.25, -0.2) is 12.8 Å². The van der Waals surface area contributed by atoms with E-state index in [1.807, 2.05) is 19.1 Å². The molecule has 0 amide bonds. The third kappa shape index (κ3) is 3.10. The molecular formula is C22H20FNO4S. The van der Waals surface area contributed by atoms with Gasteiger partial charge in [0.15, 0.2) is 0 Å². The van der Waals surface area contributed by atoms with Gasteiger partial charge in [-0.2, -0.15) is 4.31 Å². The summed E-state index contributed by atoms with van der Waals surface area (Å²) >= 11 is 0. The van der Waals surface area contributed by atoms with Gasteiger partial charge in [-0.15, -0.1) is 0 Å². The predicted octanol–water partition coefficient (Wildman–Crippen LogP) is 4.10. The van der Waals surface area contributed by atoms with Crippen molar-refractivity contribution in [1.29, 1.82) is 0 Å². The molecule has 0 saturated carbocycles. The molecule has 2 aliphatic heterocycles. The number of aryl methyl sites for hydroxylation is 1. The molecule has 0 bridgehead atoms. The Morgan fingerprint density at radius 1 is 1.03 bits per heavy atom. The number of hydrogen-bond donors (Lipinski definition) is 0. The molecule has 2 fully saturated rings. The molecule has 0 radical (unpaired) electrons. The van der Waals surface area contributed by atoms with E-state index in [2.05, 4.69) is 0 Å². The summed E-state index contributed by atoms with van der Waals surface area (Å²) < 4.78 is 52.0. The number of rotatable bonds is 4. The van der Waals surface area contributed by atoms with Crippen molar-refractivity contribution in [2.24, 2.45) is 5.41 Å². The molecule has 0 N–H and O–H groups in total. The fourth-order valence-corrected chi connectivity index (χ4v) is 5.57. The van der Waals surface area contributed by atoms with Crippen LogP contribution in [0.25, 0.3) is 10.8 Å². The highest BCUT2D eigenvalue weighted by atomic mass is 32.2. The summed E-state index contributed by atoms with van der Waals surface area (Å²) in [4.78, 5) is 0.237. The Morgan fingerprint density at radius 2 is 1.72 bits per heavy atom. The minimum atomic E-state index is -3.51. The molecule has 0 aliphatic carbocycles. The van der Waals surface area contributed by atoms with Crippen LogP contribution in [0.1, 0.15) is 5.56 Å². The Kier molecular flexibility index (Phi) is 4.17. The number of hydrogen-bond acceptors (Lipinski definition) is 4. The molecule has 3 aromatic carbocycles. The van der Waals surface area contributed by atoms with Crippen LogP contribution in [-0.4, -0.2) is 39.0 Å². The molecule has 2 aliphatic rings. The van der Waals surface area contributed by atoms with Gasteiger partial charge in [0.25, 0.3) is 0 Å². The molecule has 29 heavy (non-hydrogen) atoms. The van der Waals surface area contributed by atoms with E-state index >= 15 is 0 Å². The van der Waals surface area contributed by atoms with Gasteiger partial charge in [0, 0.05) is 23.9 Å². The molecule has 7 heteroatoms. The van der Waals surface area contributed by atoms with Crippen LogP contribution in [0, 0.1) is 18.2 Å². The summed E-state index contributed by atoms with van der Waals surface area (Å²) in [6.45, 7) is 4.18. The van der Waals surface area contributed by atoms with E-state index < -0.39 is 10.0 Å². The highest BCUT2D eigenvalue weighted by Gasteiger charge is 2.53. The average Bonchev–Trinajstić information content (AvgIpc) is 2.62. The second kappa shape index (κ2) is 6.52. The molecule has 2 heterocycles. The zero-order valence-electron chi connectivity index (χ0n) is 15.9. The van der Waals surface area contributed by atoms with Crippen LogP contribution in [0.4, 0.5) is 4.39 Å². The van der Waals surface area contributed by atoms with Gasteiger partial charge in [-0.3, -0.25) is 0 Å². The summed E-state index contributed by atoms with van der Waals surface area (Å²) in [5.41, 5.74) is 0.894. The van der Waals surface area contributed by atoms with Gasteiger partial charge in [-0.1, -0.05) is 18.2 Å². The van der Waals surface area contributed by atoms with Crippen molar-refractivity contribution >= 4 is 20.8 Å². The van der Waals surface area contributed by atoms with E-state index in [4.69, 9.17) is 9.47 Å². The van der Waals surface area contributed by atoms with Crippen molar-refractivity contribution in [3.8, 4) is 11.5 Å². The maximum absolute atomic E-state index is 13.7. The van der Waals surface area contributed by atoms with E-state index in [9.17, 15) is 12.8 Å². The molecule has 2 saturated heterocycles. The van der Waals surface area contributed by atoms with E-state index in [0.717, 1.165) is 10.9 Å². The SMILES string of the molecule is Cc1ccc2ccc(F)cc2c1Oc1ccc(S(=O)(=O)N2CC3(COC3)C2)cc1. The Bertz CT molecular complexity index is 1190. The normalized spacial score (nSPS) is 18.4. The lowest BCUT2D eigenvalue weighted by Crippen LogP contribution is -2.66. The van der Waals surface area contributed by atoms with Crippen molar-refractivity contribution in [2.75, 3.05) is 26.3 Å². The van der Waals surface area contributed by atoms with E-state index in [1.165, 1.54) is 16.4 Å². The lowest BCUT2D eigenvalue weighted by molar-refractivity contribution is -0.166. The van der Waals surface area contributed by atoms with Gasteiger partial charge < -0.3 is 9.47 Å². The number of benzene rings is 3. The van der Waals surface area contributed by atoms with Crippen molar-refractivity contribution in [3.05, 3.63) is 66.0 Å². The summed E-state index contributed by atoms with van der Waals surface area (Å²) in [6.07, 6.45) is 0. The Morgan fingerprint density at radius 3 is 2.38 bits per heavy atom. The second-order valence-corrected chi connectivity index (χ2v) is 9.85. The van der Waals surface area contributed by atoms with Crippen molar-refractivity contribution in [2.45, 2.75) is 11.8 Å².